The van der Waals surface area contributed by atoms with Crippen LogP contribution in [0.5, 0.6) is 5.75 Å². The summed E-state index contributed by atoms with van der Waals surface area (Å²) in [5.74, 6) is -0.677. The van der Waals surface area contributed by atoms with Crippen LogP contribution in [0.3, 0.4) is 0 Å². The topological polar surface area (TPSA) is 80.8 Å². The van der Waals surface area contributed by atoms with Crippen molar-refractivity contribution in [1.29, 1.82) is 0 Å². The van der Waals surface area contributed by atoms with E-state index in [0.717, 1.165) is 5.56 Å². The van der Waals surface area contributed by atoms with Crippen LogP contribution in [0, 0.1) is 6.92 Å². The molecule has 4 aromatic rings. The molecule has 0 saturated heterocycles. The maximum absolute atomic E-state index is 12.7. The number of hydrogen-bond donors (Lipinski definition) is 0. The van der Waals surface area contributed by atoms with Crippen LogP contribution in [0.15, 0.2) is 108 Å². The highest BCUT2D eigenvalue weighted by Gasteiger charge is 2.17. The molecular weight excluding hydrogens is 474 g/mol. The van der Waals surface area contributed by atoms with Crippen molar-refractivity contribution in [3.63, 3.8) is 0 Å². The van der Waals surface area contributed by atoms with Crippen molar-refractivity contribution >= 4 is 27.4 Å². The Morgan fingerprint density at radius 3 is 2.11 bits per heavy atom. The fourth-order valence-electron chi connectivity index (χ4n) is 3.63. The molecule has 0 fully saturated rings. The Labute approximate surface area is 210 Å². The summed E-state index contributed by atoms with van der Waals surface area (Å²) in [4.78, 5) is 27.2. The van der Waals surface area contributed by atoms with Gasteiger partial charge in [0.25, 0.3) is 5.91 Å². The lowest BCUT2D eigenvalue weighted by Gasteiger charge is -2.18. The van der Waals surface area contributed by atoms with Crippen LogP contribution in [0.4, 0.5) is 5.69 Å². The lowest BCUT2D eigenvalue weighted by molar-refractivity contribution is 0.0734. The van der Waals surface area contributed by atoms with Gasteiger partial charge in [0.15, 0.2) is 9.84 Å². The van der Waals surface area contributed by atoms with E-state index >= 15 is 0 Å². The SMILES string of the molecule is Cc1ccc(C(=O)N(C)c2ccc(OC(=O)c3cccc(CS(=O)(=O)c4ccccc4)c3)cc2)cc1. The van der Waals surface area contributed by atoms with E-state index in [1.807, 2.05) is 19.1 Å². The van der Waals surface area contributed by atoms with Gasteiger partial charge in [-0.2, -0.15) is 0 Å². The molecule has 0 heterocycles. The standard InChI is InChI=1S/C29H25NO5S/c1-21-11-13-23(14-12-21)28(31)30(2)25-15-17-26(18-16-25)35-29(32)24-8-6-7-22(19-24)20-36(33,34)27-9-4-3-5-10-27/h3-19H,20H2,1-2H3. The first-order valence-corrected chi connectivity index (χ1v) is 12.9. The number of nitrogens with zero attached hydrogens (tertiary/aromatic N) is 1. The number of carbonyl (C=O) groups excluding carboxylic acids is 2. The third kappa shape index (κ3) is 5.87. The predicted molar refractivity (Wildman–Crippen MR) is 139 cm³/mol. The van der Waals surface area contributed by atoms with Crippen molar-refractivity contribution in [2.24, 2.45) is 0 Å². The van der Waals surface area contributed by atoms with Crippen LogP contribution in [-0.2, 0) is 15.6 Å². The van der Waals surface area contributed by atoms with E-state index in [1.165, 1.54) is 11.0 Å². The maximum atomic E-state index is 12.7. The lowest BCUT2D eigenvalue weighted by Crippen LogP contribution is -2.26. The van der Waals surface area contributed by atoms with E-state index in [2.05, 4.69) is 0 Å². The second kappa shape index (κ2) is 10.6. The van der Waals surface area contributed by atoms with E-state index in [1.54, 1.807) is 92.0 Å². The van der Waals surface area contributed by atoms with Crippen LogP contribution in [0.25, 0.3) is 0 Å². The molecule has 0 unspecified atom stereocenters. The molecule has 4 aromatic carbocycles. The normalized spacial score (nSPS) is 11.1. The van der Waals surface area contributed by atoms with E-state index < -0.39 is 15.8 Å². The van der Waals surface area contributed by atoms with Crippen molar-refractivity contribution in [1.82, 2.24) is 0 Å². The summed E-state index contributed by atoms with van der Waals surface area (Å²) in [7, 11) is -1.86. The van der Waals surface area contributed by atoms with E-state index in [0.29, 0.717) is 22.6 Å². The average molecular weight is 500 g/mol. The fraction of sp³-hybridized carbons (Fsp3) is 0.103. The number of sulfone groups is 1. The minimum Gasteiger partial charge on any atom is -0.423 e. The summed E-state index contributed by atoms with van der Waals surface area (Å²) in [6.45, 7) is 1.96. The first-order valence-electron chi connectivity index (χ1n) is 11.3. The molecule has 0 bridgehead atoms. The molecule has 0 aliphatic heterocycles. The van der Waals surface area contributed by atoms with Gasteiger partial charge in [-0.25, -0.2) is 13.2 Å². The smallest absolute Gasteiger partial charge is 0.343 e. The summed E-state index contributed by atoms with van der Waals surface area (Å²) in [6.07, 6.45) is 0. The second-order valence-electron chi connectivity index (χ2n) is 8.39. The number of rotatable bonds is 7. The van der Waals surface area contributed by atoms with Gasteiger partial charge in [-0.15, -0.1) is 0 Å². The fourth-order valence-corrected chi connectivity index (χ4v) is 4.99. The number of aryl methyl sites for hydroxylation is 1. The van der Waals surface area contributed by atoms with Gasteiger partial charge < -0.3 is 9.64 Å². The molecule has 0 aliphatic carbocycles. The number of amides is 1. The number of ether oxygens (including phenoxy) is 1. The van der Waals surface area contributed by atoms with Gasteiger partial charge in [0.05, 0.1) is 16.2 Å². The molecular formula is C29H25NO5S. The molecule has 0 saturated carbocycles. The number of hydrogen-bond acceptors (Lipinski definition) is 5. The molecule has 0 aromatic heterocycles. The molecule has 0 aliphatic rings. The molecule has 0 spiro atoms. The zero-order valence-corrected chi connectivity index (χ0v) is 20.7. The van der Waals surface area contributed by atoms with Crippen LogP contribution < -0.4 is 9.64 Å². The molecule has 182 valence electrons. The number of carbonyl (C=O) groups is 2. The minimum absolute atomic E-state index is 0.151. The van der Waals surface area contributed by atoms with E-state index in [9.17, 15) is 18.0 Å². The highest BCUT2D eigenvalue weighted by molar-refractivity contribution is 7.90. The van der Waals surface area contributed by atoms with Gasteiger partial charge in [-0.05, 0) is 73.2 Å². The first kappa shape index (κ1) is 24.9. The van der Waals surface area contributed by atoms with Crippen LogP contribution in [0.1, 0.15) is 31.8 Å². The Morgan fingerprint density at radius 1 is 0.778 bits per heavy atom. The van der Waals surface area contributed by atoms with Crippen molar-refractivity contribution in [2.75, 3.05) is 11.9 Å². The Bertz CT molecular complexity index is 1480. The maximum Gasteiger partial charge on any atom is 0.343 e. The Morgan fingerprint density at radius 2 is 1.44 bits per heavy atom. The molecule has 36 heavy (non-hydrogen) atoms. The van der Waals surface area contributed by atoms with Crippen LogP contribution in [-0.4, -0.2) is 27.3 Å². The first-order chi connectivity index (χ1) is 17.2. The molecule has 0 N–H and O–H groups in total. The van der Waals surface area contributed by atoms with E-state index in [4.69, 9.17) is 4.74 Å². The van der Waals surface area contributed by atoms with Gasteiger partial charge in [0.1, 0.15) is 5.75 Å². The summed E-state index contributed by atoms with van der Waals surface area (Å²) in [5, 5.41) is 0. The average Bonchev–Trinajstić information content (AvgIpc) is 2.89. The van der Waals surface area contributed by atoms with Gasteiger partial charge in [-0.1, -0.05) is 48.0 Å². The molecule has 7 heteroatoms. The van der Waals surface area contributed by atoms with Crippen molar-refractivity contribution in [3.8, 4) is 5.75 Å². The monoisotopic (exact) mass is 499 g/mol. The lowest BCUT2D eigenvalue weighted by atomic mass is 10.1. The van der Waals surface area contributed by atoms with Crippen LogP contribution >= 0.6 is 0 Å². The van der Waals surface area contributed by atoms with E-state index in [-0.39, 0.29) is 22.1 Å². The van der Waals surface area contributed by atoms with Crippen molar-refractivity contribution < 1.29 is 22.7 Å². The Kier molecular flexibility index (Phi) is 7.31. The van der Waals surface area contributed by atoms with Gasteiger partial charge in [-0.3, -0.25) is 4.79 Å². The Hall–Kier alpha value is -4.23. The molecule has 0 atom stereocenters. The number of benzene rings is 4. The Balaban J connectivity index is 1.43. The third-order valence-corrected chi connectivity index (χ3v) is 7.36. The second-order valence-corrected chi connectivity index (χ2v) is 10.4. The highest BCUT2D eigenvalue weighted by Crippen LogP contribution is 2.22. The summed E-state index contributed by atoms with van der Waals surface area (Å²) in [5.41, 5.74) is 3.02. The zero-order chi connectivity index (χ0) is 25.7. The number of anilines is 1. The third-order valence-electron chi connectivity index (χ3n) is 5.66. The summed E-state index contributed by atoms with van der Waals surface area (Å²) < 4.78 is 30.8. The summed E-state index contributed by atoms with van der Waals surface area (Å²) in [6, 6.07) is 28.5. The van der Waals surface area contributed by atoms with Crippen molar-refractivity contribution in [2.45, 2.75) is 17.6 Å². The van der Waals surface area contributed by atoms with Gasteiger partial charge in [0, 0.05) is 18.3 Å². The highest BCUT2D eigenvalue weighted by atomic mass is 32.2. The molecule has 1 amide bonds. The molecule has 4 rings (SSSR count). The van der Waals surface area contributed by atoms with Gasteiger partial charge >= 0.3 is 5.97 Å². The van der Waals surface area contributed by atoms with Gasteiger partial charge in [0.2, 0.25) is 0 Å². The molecule has 0 radical (unpaired) electrons. The minimum atomic E-state index is -3.54. The molecule has 6 nitrogen and oxygen atoms in total. The number of esters is 1. The summed E-state index contributed by atoms with van der Waals surface area (Å²) >= 11 is 0. The quantitative estimate of drug-likeness (QED) is 0.249. The zero-order valence-electron chi connectivity index (χ0n) is 19.9. The van der Waals surface area contributed by atoms with Crippen molar-refractivity contribution in [3.05, 3.63) is 125 Å². The largest absolute Gasteiger partial charge is 0.423 e. The van der Waals surface area contributed by atoms with Crippen LogP contribution in [0.2, 0.25) is 0 Å². The predicted octanol–water partition coefficient (Wildman–Crippen LogP) is 5.46.